The molecule has 6 nitrogen and oxygen atoms in total. The first-order chi connectivity index (χ1) is 22.3. The maximum absolute atomic E-state index is 12.2. The van der Waals surface area contributed by atoms with Crippen LogP contribution in [0, 0.1) is 0 Å². The van der Waals surface area contributed by atoms with Gasteiger partial charge in [0.2, 0.25) is 5.91 Å². The fraction of sp³-hybridized carbons (Fsp3) is 0.975. The Morgan fingerprint density at radius 3 is 1.61 bits per heavy atom. The van der Waals surface area contributed by atoms with Crippen molar-refractivity contribution in [2.24, 2.45) is 0 Å². The van der Waals surface area contributed by atoms with E-state index in [2.05, 4.69) is 33.0 Å². The van der Waals surface area contributed by atoms with E-state index >= 15 is 0 Å². The van der Waals surface area contributed by atoms with Gasteiger partial charge in [0.25, 0.3) is 0 Å². The zero-order valence-electron chi connectivity index (χ0n) is 31.6. The highest BCUT2D eigenvalue weighted by Gasteiger charge is 2.44. The third kappa shape index (κ3) is 24.5. The normalized spacial score (nSPS) is 19.9. The minimum Gasteiger partial charge on any atom is -0.376 e. The number of carbonyl (C=O) groups excluding carboxylic acids is 1. The van der Waals surface area contributed by atoms with E-state index in [0.29, 0.717) is 19.6 Å². The van der Waals surface area contributed by atoms with Crippen LogP contribution in [-0.2, 0) is 23.7 Å². The van der Waals surface area contributed by atoms with E-state index in [1.54, 1.807) is 0 Å². The number of unbranched alkanes of at least 4 members (excludes halogenated alkanes) is 21. The maximum Gasteiger partial charge on any atom is 0.219 e. The molecule has 1 saturated heterocycles. The topological polar surface area (TPSA) is 66.0 Å². The zero-order valence-corrected chi connectivity index (χ0v) is 31.6. The molecule has 0 aromatic heterocycles. The first-order valence-corrected chi connectivity index (χ1v) is 20.2. The fourth-order valence-corrected chi connectivity index (χ4v) is 6.52. The molecule has 1 aliphatic heterocycles. The molecule has 1 heterocycles. The SMILES string of the molecule is CCCCCCCCCCCCCCCCCCCCCC(=O)NCCCCCCO[C@H]1[C@H](C)OC(COC(C)C)[C@H]1OC(C)C. The van der Waals surface area contributed by atoms with Crippen LogP contribution in [0.4, 0.5) is 0 Å². The van der Waals surface area contributed by atoms with Gasteiger partial charge in [-0.3, -0.25) is 4.79 Å². The van der Waals surface area contributed by atoms with Gasteiger partial charge in [0.05, 0.1) is 24.9 Å². The molecule has 0 aliphatic carbocycles. The number of nitrogens with one attached hydrogen (secondary N) is 1. The number of ether oxygens (including phenoxy) is 4. The second-order valence-electron chi connectivity index (χ2n) is 14.6. The molecule has 1 fully saturated rings. The zero-order chi connectivity index (χ0) is 33.7. The molecule has 0 aromatic rings. The summed E-state index contributed by atoms with van der Waals surface area (Å²) in [6.07, 6.45) is 31.1. The molecule has 0 saturated carbocycles. The molecule has 6 heteroatoms. The van der Waals surface area contributed by atoms with Gasteiger partial charge >= 0.3 is 0 Å². The van der Waals surface area contributed by atoms with Gasteiger partial charge in [-0.15, -0.1) is 0 Å². The Bertz CT molecular complexity index is 672. The molecule has 274 valence electrons. The minimum atomic E-state index is -0.0992. The number of rotatable bonds is 33. The van der Waals surface area contributed by atoms with Crippen LogP contribution in [0.5, 0.6) is 0 Å². The van der Waals surface area contributed by atoms with E-state index in [1.165, 1.54) is 116 Å². The van der Waals surface area contributed by atoms with E-state index < -0.39 is 0 Å². The van der Waals surface area contributed by atoms with Crippen molar-refractivity contribution >= 4 is 5.91 Å². The second kappa shape index (κ2) is 30.4. The van der Waals surface area contributed by atoms with Gasteiger partial charge in [0.1, 0.15) is 18.3 Å². The Hall–Kier alpha value is -0.690. The van der Waals surface area contributed by atoms with Gasteiger partial charge in [-0.05, 0) is 53.9 Å². The highest BCUT2D eigenvalue weighted by molar-refractivity contribution is 5.75. The van der Waals surface area contributed by atoms with Crippen LogP contribution in [-0.4, -0.2) is 62.3 Å². The molecular weight excluding hydrogens is 574 g/mol. The molecule has 1 aliphatic rings. The van der Waals surface area contributed by atoms with Crippen LogP contribution >= 0.6 is 0 Å². The lowest BCUT2D eigenvalue weighted by Gasteiger charge is -2.26. The largest absolute Gasteiger partial charge is 0.376 e. The summed E-state index contributed by atoms with van der Waals surface area (Å²) in [6.45, 7) is 14.6. The highest BCUT2D eigenvalue weighted by Crippen LogP contribution is 2.28. The third-order valence-corrected chi connectivity index (χ3v) is 9.28. The Morgan fingerprint density at radius 2 is 1.11 bits per heavy atom. The standard InChI is InChI=1S/C40H79NO5/c1-7-8-9-10-11-12-13-14-15-16-17-18-19-20-21-22-23-24-27-30-38(42)41-31-28-25-26-29-32-43-39-36(6)46-37(33-44-34(2)3)40(39)45-35(4)5/h34-37,39-40H,7-33H2,1-6H3,(H,41,42)/t36-,37?,39-,40+/m0/s1. The Labute approximate surface area is 286 Å². The first-order valence-electron chi connectivity index (χ1n) is 20.2. The molecule has 1 rings (SSSR count). The first kappa shape index (κ1) is 43.3. The number of hydrogen-bond acceptors (Lipinski definition) is 5. The minimum absolute atomic E-state index is 0.00588. The third-order valence-electron chi connectivity index (χ3n) is 9.28. The fourth-order valence-electron chi connectivity index (χ4n) is 6.52. The number of hydrogen-bond donors (Lipinski definition) is 1. The van der Waals surface area contributed by atoms with Crippen molar-refractivity contribution in [1.82, 2.24) is 5.32 Å². The number of amides is 1. The predicted molar refractivity (Wildman–Crippen MR) is 195 cm³/mol. The highest BCUT2D eigenvalue weighted by atomic mass is 16.6. The van der Waals surface area contributed by atoms with Crippen molar-refractivity contribution in [2.75, 3.05) is 19.8 Å². The van der Waals surface area contributed by atoms with E-state index in [1.807, 2.05) is 13.8 Å². The Morgan fingerprint density at radius 1 is 0.630 bits per heavy atom. The van der Waals surface area contributed by atoms with Gasteiger partial charge < -0.3 is 24.3 Å². The lowest BCUT2D eigenvalue weighted by atomic mass is 10.0. The van der Waals surface area contributed by atoms with Crippen LogP contribution < -0.4 is 5.32 Å². The smallest absolute Gasteiger partial charge is 0.219 e. The molecule has 4 atom stereocenters. The van der Waals surface area contributed by atoms with Crippen molar-refractivity contribution in [2.45, 2.75) is 232 Å². The monoisotopic (exact) mass is 654 g/mol. The lowest BCUT2D eigenvalue weighted by molar-refractivity contribution is -0.121. The molecule has 1 unspecified atom stereocenters. The molecule has 0 bridgehead atoms. The quantitative estimate of drug-likeness (QED) is 0.0714. The van der Waals surface area contributed by atoms with Crippen LogP contribution in [0.2, 0.25) is 0 Å². The van der Waals surface area contributed by atoms with Crippen molar-refractivity contribution in [3.05, 3.63) is 0 Å². The van der Waals surface area contributed by atoms with Gasteiger partial charge in [-0.1, -0.05) is 135 Å². The van der Waals surface area contributed by atoms with Gasteiger partial charge in [0.15, 0.2) is 0 Å². The molecule has 1 amide bonds. The van der Waals surface area contributed by atoms with E-state index in [9.17, 15) is 4.79 Å². The van der Waals surface area contributed by atoms with Crippen molar-refractivity contribution in [1.29, 1.82) is 0 Å². The summed E-state index contributed by atoms with van der Waals surface area (Å²) in [5, 5.41) is 3.12. The molecular formula is C40H79NO5. The van der Waals surface area contributed by atoms with Crippen LogP contribution in [0.1, 0.15) is 196 Å². The molecule has 0 radical (unpaired) electrons. The van der Waals surface area contributed by atoms with Crippen molar-refractivity contribution < 1.29 is 23.7 Å². The van der Waals surface area contributed by atoms with Crippen LogP contribution in [0.25, 0.3) is 0 Å². The second-order valence-corrected chi connectivity index (χ2v) is 14.6. The van der Waals surface area contributed by atoms with Gasteiger partial charge in [-0.2, -0.15) is 0 Å². The summed E-state index contributed by atoms with van der Waals surface area (Å²) in [5.41, 5.74) is 0. The lowest BCUT2D eigenvalue weighted by Crippen LogP contribution is -2.40. The van der Waals surface area contributed by atoms with E-state index in [-0.39, 0.29) is 42.5 Å². The molecule has 0 aromatic carbocycles. The summed E-state index contributed by atoms with van der Waals surface area (Å²) >= 11 is 0. The molecule has 46 heavy (non-hydrogen) atoms. The molecule has 0 spiro atoms. The summed E-state index contributed by atoms with van der Waals surface area (Å²) < 4.78 is 24.4. The molecule has 1 N–H and O–H groups in total. The summed E-state index contributed by atoms with van der Waals surface area (Å²) in [6, 6.07) is 0. The van der Waals surface area contributed by atoms with Crippen LogP contribution in [0.15, 0.2) is 0 Å². The summed E-state index contributed by atoms with van der Waals surface area (Å²) in [4.78, 5) is 12.2. The summed E-state index contributed by atoms with van der Waals surface area (Å²) in [5.74, 6) is 0.220. The predicted octanol–water partition coefficient (Wildman–Crippen LogP) is 10.9. The number of carbonyl (C=O) groups is 1. The van der Waals surface area contributed by atoms with Crippen LogP contribution in [0.3, 0.4) is 0 Å². The summed E-state index contributed by atoms with van der Waals surface area (Å²) in [7, 11) is 0. The van der Waals surface area contributed by atoms with Crippen molar-refractivity contribution in [3.8, 4) is 0 Å². The van der Waals surface area contributed by atoms with E-state index in [0.717, 1.165) is 38.6 Å². The average Bonchev–Trinajstić information content (AvgIpc) is 3.31. The average molecular weight is 654 g/mol. The van der Waals surface area contributed by atoms with Gasteiger partial charge in [-0.25, -0.2) is 0 Å². The van der Waals surface area contributed by atoms with Crippen molar-refractivity contribution in [3.63, 3.8) is 0 Å². The van der Waals surface area contributed by atoms with E-state index in [4.69, 9.17) is 18.9 Å². The van der Waals surface area contributed by atoms with Gasteiger partial charge in [0, 0.05) is 19.6 Å². The maximum atomic E-state index is 12.2. The Kier molecular flexibility index (Phi) is 28.6. The Balaban J connectivity index is 1.88.